The van der Waals surface area contributed by atoms with E-state index in [4.69, 9.17) is 18.9 Å². The zero-order valence-electron chi connectivity index (χ0n) is 18.9. The number of aromatic hydroxyl groups is 1. The van der Waals surface area contributed by atoms with Gasteiger partial charge in [-0.3, -0.25) is 4.79 Å². The molecule has 1 heterocycles. The third kappa shape index (κ3) is 5.95. The molecule has 0 spiro atoms. The maximum absolute atomic E-state index is 12.7. The van der Waals surface area contributed by atoms with E-state index in [0.717, 1.165) is 18.5 Å². The number of benzene rings is 2. The summed E-state index contributed by atoms with van der Waals surface area (Å²) in [5.74, 6) is 1.33. The summed E-state index contributed by atoms with van der Waals surface area (Å²) in [6.45, 7) is 4.04. The molecule has 172 valence electrons. The van der Waals surface area contributed by atoms with E-state index in [9.17, 15) is 9.90 Å². The van der Waals surface area contributed by atoms with E-state index >= 15 is 0 Å². The Morgan fingerprint density at radius 3 is 2.44 bits per heavy atom. The molecule has 0 amide bonds. The Labute approximate surface area is 189 Å². The van der Waals surface area contributed by atoms with Crippen LogP contribution in [-0.4, -0.2) is 63.4 Å². The number of ketones is 1. The van der Waals surface area contributed by atoms with Crippen LogP contribution in [0.2, 0.25) is 0 Å². The van der Waals surface area contributed by atoms with Crippen molar-refractivity contribution < 1.29 is 28.8 Å². The van der Waals surface area contributed by atoms with Crippen LogP contribution in [-0.2, 0) is 0 Å². The summed E-state index contributed by atoms with van der Waals surface area (Å²) in [5, 5.41) is 10.2. The molecule has 7 nitrogen and oxygen atoms in total. The molecule has 0 bridgehead atoms. The summed E-state index contributed by atoms with van der Waals surface area (Å²) in [5.41, 5.74) is 0.848. The van der Waals surface area contributed by atoms with Crippen molar-refractivity contribution in [1.29, 1.82) is 0 Å². The number of methoxy groups -OCH3 is 3. The fourth-order valence-electron chi connectivity index (χ4n) is 3.74. The second-order valence-corrected chi connectivity index (χ2v) is 7.58. The van der Waals surface area contributed by atoms with Gasteiger partial charge >= 0.3 is 0 Å². The lowest BCUT2D eigenvalue weighted by molar-refractivity contribution is 0.104. The quantitative estimate of drug-likeness (QED) is 0.318. The van der Waals surface area contributed by atoms with E-state index in [1.807, 2.05) is 18.2 Å². The molecule has 1 aliphatic heterocycles. The Kier molecular flexibility index (Phi) is 8.39. The van der Waals surface area contributed by atoms with E-state index in [1.165, 1.54) is 52.3 Å². The molecule has 1 saturated heterocycles. The van der Waals surface area contributed by atoms with Crippen molar-refractivity contribution in [2.45, 2.75) is 19.3 Å². The number of phenols is 1. The number of likely N-dealkylation sites (tertiary alicyclic amines) is 1. The molecule has 2 aromatic rings. The van der Waals surface area contributed by atoms with Crippen LogP contribution < -0.4 is 18.9 Å². The number of carbonyl (C=O) groups excluding carboxylic acids is 1. The molecular formula is C25H31NO6. The average Bonchev–Trinajstić information content (AvgIpc) is 3.33. The van der Waals surface area contributed by atoms with Gasteiger partial charge in [0.15, 0.2) is 17.3 Å². The second kappa shape index (κ2) is 11.4. The van der Waals surface area contributed by atoms with Crippen LogP contribution in [0, 0.1) is 0 Å². The van der Waals surface area contributed by atoms with E-state index in [0.29, 0.717) is 23.9 Å². The van der Waals surface area contributed by atoms with Crippen molar-refractivity contribution in [3.63, 3.8) is 0 Å². The van der Waals surface area contributed by atoms with Crippen molar-refractivity contribution in [1.82, 2.24) is 4.90 Å². The first-order chi connectivity index (χ1) is 15.5. The molecule has 1 fully saturated rings. The Bertz CT molecular complexity index is 950. The summed E-state index contributed by atoms with van der Waals surface area (Å²) in [6, 6.07) is 8.43. The van der Waals surface area contributed by atoms with Gasteiger partial charge < -0.3 is 29.0 Å². The monoisotopic (exact) mass is 441 g/mol. The van der Waals surface area contributed by atoms with E-state index in [1.54, 1.807) is 19.3 Å². The molecule has 0 saturated carbocycles. The largest absolute Gasteiger partial charge is 0.507 e. The highest BCUT2D eigenvalue weighted by Gasteiger charge is 2.17. The van der Waals surface area contributed by atoms with E-state index in [2.05, 4.69) is 4.90 Å². The molecule has 3 rings (SSSR count). The predicted molar refractivity (Wildman–Crippen MR) is 123 cm³/mol. The molecule has 0 atom stereocenters. The van der Waals surface area contributed by atoms with Gasteiger partial charge in [-0.1, -0.05) is 12.1 Å². The summed E-state index contributed by atoms with van der Waals surface area (Å²) < 4.78 is 21.7. The Balaban J connectivity index is 1.65. The van der Waals surface area contributed by atoms with E-state index < -0.39 is 0 Å². The maximum Gasteiger partial charge on any atom is 0.193 e. The number of nitrogens with zero attached hydrogens (tertiary/aromatic N) is 1. The van der Waals surface area contributed by atoms with Crippen molar-refractivity contribution in [2.24, 2.45) is 0 Å². The summed E-state index contributed by atoms with van der Waals surface area (Å²) in [4.78, 5) is 15.2. The number of carbonyl (C=O) groups is 1. The summed E-state index contributed by atoms with van der Waals surface area (Å²) in [6.07, 6.45) is 6.58. The fraction of sp³-hybridized carbons (Fsp3) is 0.400. The number of allylic oxidation sites excluding steroid dienone is 1. The normalized spacial score (nSPS) is 14.0. The Hall–Kier alpha value is -3.19. The van der Waals surface area contributed by atoms with Crippen LogP contribution in [0.25, 0.3) is 6.08 Å². The zero-order chi connectivity index (χ0) is 22.9. The van der Waals surface area contributed by atoms with Crippen LogP contribution in [0.3, 0.4) is 0 Å². The number of phenolic OH excluding ortho intramolecular Hbond substituents is 1. The lowest BCUT2D eigenvalue weighted by atomic mass is 10.1. The maximum atomic E-state index is 12.7. The first-order valence-corrected chi connectivity index (χ1v) is 10.8. The average molecular weight is 442 g/mol. The molecule has 0 aliphatic carbocycles. The van der Waals surface area contributed by atoms with Gasteiger partial charge in [0.05, 0.1) is 27.9 Å². The molecular weight excluding hydrogens is 410 g/mol. The van der Waals surface area contributed by atoms with Crippen molar-refractivity contribution in [3.05, 3.63) is 47.5 Å². The molecule has 1 N–H and O–H groups in total. The van der Waals surface area contributed by atoms with Crippen LogP contribution in [0.15, 0.2) is 36.4 Å². The van der Waals surface area contributed by atoms with Crippen molar-refractivity contribution >= 4 is 11.9 Å². The minimum absolute atomic E-state index is 0.0782. The first kappa shape index (κ1) is 23.5. The minimum Gasteiger partial charge on any atom is -0.507 e. The molecule has 0 unspecified atom stereocenters. The number of hydrogen-bond acceptors (Lipinski definition) is 7. The number of hydrogen-bond donors (Lipinski definition) is 1. The third-order valence-electron chi connectivity index (χ3n) is 5.45. The standard InChI is InChI=1S/C25H31NO6/c1-29-19-16-21(28)25(24(17-19)31-3)20(27)9-7-18-8-10-22(23(15-18)30-2)32-14-6-13-26-11-4-5-12-26/h7-10,15-17,28H,4-6,11-14H2,1-3H3/b9-7+. The number of rotatable bonds is 11. The highest BCUT2D eigenvalue weighted by Crippen LogP contribution is 2.34. The van der Waals surface area contributed by atoms with E-state index in [-0.39, 0.29) is 22.8 Å². The molecule has 7 heteroatoms. The highest BCUT2D eigenvalue weighted by molar-refractivity contribution is 6.10. The smallest absolute Gasteiger partial charge is 0.193 e. The molecule has 1 aliphatic rings. The van der Waals surface area contributed by atoms with Crippen LogP contribution >= 0.6 is 0 Å². The van der Waals surface area contributed by atoms with Crippen molar-refractivity contribution in [3.8, 4) is 28.7 Å². The predicted octanol–water partition coefficient (Wildman–Crippen LogP) is 4.18. The summed E-state index contributed by atoms with van der Waals surface area (Å²) in [7, 11) is 4.50. The SMILES string of the molecule is COc1cc(O)c(C(=O)/C=C/c2ccc(OCCCN3CCCC3)c(OC)c2)c(OC)c1. The van der Waals surface area contributed by atoms with Gasteiger partial charge in [0.2, 0.25) is 0 Å². The van der Waals surface area contributed by atoms with Crippen LogP contribution in [0.1, 0.15) is 35.2 Å². The van der Waals surface area contributed by atoms with Gasteiger partial charge in [0.25, 0.3) is 0 Å². The van der Waals surface area contributed by atoms with Gasteiger partial charge in [0.1, 0.15) is 22.8 Å². The fourth-order valence-corrected chi connectivity index (χ4v) is 3.74. The van der Waals surface area contributed by atoms with Gasteiger partial charge in [-0.05, 0) is 56.1 Å². The van der Waals surface area contributed by atoms with Crippen molar-refractivity contribution in [2.75, 3.05) is 47.6 Å². The third-order valence-corrected chi connectivity index (χ3v) is 5.45. The highest BCUT2D eigenvalue weighted by atomic mass is 16.5. The summed E-state index contributed by atoms with van der Waals surface area (Å²) >= 11 is 0. The van der Waals surface area contributed by atoms with Gasteiger partial charge in [-0.15, -0.1) is 0 Å². The molecule has 0 aromatic heterocycles. The van der Waals surface area contributed by atoms with Crippen LogP contribution in [0.4, 0.5) is 0 Å². The first-order valence-electron chi connectivity index (χ1n) is 10.8. The lowest BCUT2D eigenvalue weighted by Crippen LogP contribution is -2.21. The van der Waals surface area contributed by atoms with Crippen LogP contribution in [0.5, 0.6) is 28.7 Å². The topological polar surface area (TPSA) is 77.5 Å². The molecule has 0 radical (unpaired) electrons. The molecule has 2 aromatic carbocycles. The zero-order valence-corrected chi connectivity index (χ0v) is 18.9. The van der Waals surface area contributed by atoms with Gasteiger partial charge in [-0.25, -0.2) is 0 Å². The minimum atomic E-state index is -0.386. The second-order valence-electron chi connectivity index (χ2n) is 7.58. The van der Waals surface area contributed by atoms with Gasteiger partial charge in [0, 0.05) is 18.7 Å². The number of ether oxygens (including phenoxy) is 4. The Morgan fingerprint density at radius 2 is 1.75 bits per heavy atom. The Morgan fingerprint density at radius 1 is 1.00 bits per heavy atom. The molecule has 32 heavy (non-hydrogen) atoms. The van der Waals surface area contributed by atoms with Gasteiger partial charge in [-0.2, -0.15) is 0 Å². The lowest BCUT2D eigenvalue weighted by Gasteiger charge is -2.15.